The molecule has 1 saturated heterocycles. The van der Waals surface area contributed by atoms with Crippen molar-refractivity contribution < 1.29 is 9.53 Å². The van der Waals surface area contributed by atoms with E-state index in [1.807, 2.05) is 36.1 Å². The number of rotatable bonds is 5. The molecule has 0 saturated carbocycles. The molecule has 1 amide bonds. The lowest BCUT2D eigenvalue weighted by atomic mass is 10.1. The van der Waals surface area contributed by atoms with Gasteiger partial charge < -0.3 is 9.64 Å². The van der Waals surface area contributed by atoms with Crippen LogP contribution in [0.4, 0.5) is 0 Å². The molecule has 1 fully saturated rings. The summed E-state index contributed by atoms with van der Waals surface area (Å²) in [5, 5.41) is 5.10. The predicted molar refractivity (Wildman–Crippen MR) is 120 cm³/mol. The van der Waals surface area contributed by atoms with Crippen LogP contribution in [0.3, 0.4) is 0 Å². The Morgan fingerprint density at radius 1 is 1.10 bits per heavy atom. The van der Waals surface area contributed by atoms with Crippen LogP contribution in [0.1, 0.15) is 35.0 Å². The average molecular weight is 440 g/mol. The molecule has 8 heteroatoms. The quantitative estimate of drug-likeness (QED) is 0.605. The van der Waals surface area contributed by atoms with Crippen molar-refractivity contribution in [1.29, 1.82) is 0 Å². The number of carbonyl (C=O) groups excluding carboxylic acids is 1. The second-order valence-corrected chi connectivity index (χ2v) is 8.09. The molecule has 7 nitrogen and oxygen atoms in total. The average Bonchev–Trinajstić information content (AvgIpc) is 3.20. The summed E-state index contributed by atoms with van der Waals surface area (Å²) < 4.78 is 7.02. The zero-order valence-electron chi connectivity index (χ0n) is 18.0. The Morgan fingerprint density at radius 2 is 1.81 bits per heavy atom. The van der Waals surface area contributed by atoms with Gasteiger partial charge in [0.15, 0.2) is 0 Å². The fourth-order valence-corrected chi connectivity index (χ4v) is 4.00. The first kappa shape index (κ1) is 21.3. The summed E-state index contributed by atoms with van der Waals surface area (Å²) in [4.78, 5) is 21.6. The minimum absolute atomic E-state index is 0.135. The number of aromatic nitrogens is 3. The molecule has 162 valence electrons. The summed E-state index contributed by atoms with van der Waals surface area (Å²) in [6.45, 7) is 6.89. The molecule has 0 N–H and O–H groups in total. The Bertz CT molecular complexity index is 1060. The van der Waals surface area contributed by atoms with Gasteiger partial charge in [-0.1, -0.05) is 23.7 Å². The summed E-state index contributed by atoms with van der Waals surface area (Å²) in [6.07, 6.45) is 0. The third-order valence-corrected chi connectivity index (χ3v) is 6.01. The van der Waals surface area contributed by atoms with E-state index in [0.717, 1.165) is 24.5 Å². The molecule has 4 rings (SSSR count). The van der Waals surface area contributed by atoms with Gasteiger partial charge in [0.2, 0.25) is 5.82 Å². The highest BCUT2D eigenvalue weighted by Crippen LogP contribution is 2.25. The molecule has 2 heterocycles. The Hall–Kier alpha value is -2.90. The van der Waals surface area contributed by atoms with E-state index < -0.39 is 0 Å². The molecule has 31 heavy (non-hydrogen) atoms. The lowest BCUT2D eigenvalue weighted by Gasteiger charge is -2.37. The third kappa shape index (κ3) is 4.57. The number of hydrogen-bond donors (Lipinski definition) is 0. The summed E-state index contributed by atoms with van der Waals surface area (Å²) in [5.74, 6) is 1.61. The van der Waals surface area contributed by atoms with Gasteiger partial charge in [-0.05, 0) is 55.8 Å². The van der Waals surface area contributed by atoms with Crippen LogP contribution in [0, 0.1) is 6.92 Å². The molecule has 0 radical (unpaired) electrons. The molecule has 2 aromatic carbocycles. The number of amides is 1. The number of methoxy groups -OCH3 is 1. The van der Waals surface area contributed by atoms with Crippen molar-refractivity contribution in [3.8, 4) is 11.4 Å². The van der Waals surface area contributed by atoms with Crippen molar-refractivity contribution in [3.63, 3.8) is 0 Å². The van der Waals surface area contributed by atoms with Crippen LogP contribution in [0.5, 0.6) is 5.75 Å². The largest absolute Gasteiger partial charge is 0.497 e. The highest BCUT2D eigenvalue weighted by atomic mass is 35.5. The number of benzene rings is 2. The number of piperazine rings is 1. The monoisotopic (exact) mass is 439 g/mol. The van der Waals surface area contributed by atoms with E-state index in [0.29, 0.717) is 23.9 Å². The lowest BCUT2D eigenvalue weighted by molar-refractivity contribution is 0.0570. The van der Waals surface area contributed by atoms with Crippen LogP contribution < -0.4 is 4.74 Å². The van der Waals surface area contributed by atoms with Gasteiger partial charge in [-0.2, -0.15) is 0 Å². The molecule has 0 spiro atoms. The molecular formula is C23H26ClN5O2. The number of carbonyl (C=O) groups is 1. The van der Waals surface area contributed by atoms with Crippen LogP contribution in [-0.2, 0) is 0 Å². The predicted octanol–water partition coefficient (Wildman–Crippen LogP) is 3.76. The van der Waals surface area contributed by atoms with Crippen molar-refractivity contribution in [1.82, 2.24) is 24.6 Å². The van der Waals surface area contributed by atoms with E-state index in [1.54, 1.807) is 23.9 Å². The highest BCUT2D eigenvalue weighted by molar-refractivity contribution is 6.30. The number of halogens is 1. The zero-order valence-corrected chi connectivity index (χ0v) is 18.7. The van der Waals surface area contributed by atoms with Gasteiger partial charge in [-0.3, -0.25) is 9.69 Å². The minimum Gasteiger partial charge on any atom is -0.497 e. The highest BCUT2D eigenvalue weighted by Gasteiger charge is 2.28. The van der Waals surface area contributed by atoms with Crippen molar-refractivity contribution in [2.75, 3.05) is 33.3 Å². The molecule has 1 aliphatic heterocycles. The Morgan fingerprint density at radius 3 is 2.48 bits per heavy atom. The first-order chi connectivity index (χ1) is 15.0. The number of aryl methyl sites for hydroxylation is 1. The normalized spacial score (nSPS) is 15.7. The fourth-order valence-electron chi connectivity index (χ4n) is 3.87. The molecule has 1 unspecified atom stereocenters. The van der Waals surface area contributed by atoms with Crippen molar-refractivity contribution in [2.45, 2.75) is 19.9 Å². The molecule has 0 bridgehead atoms. The van der Waals surface area contributed by atoms with E-state index in [-0.39, 0.29) is 17.8 Å². The van der Waals surface area contributed by atoms with Gasteiger partial charge in [0.1, 0.15) is 11.6 Å². The van der Waals surface area contributed by atoms with Crippen LogP contribution >= 0.6 is 11.6 Å². The van der Waals surface area contributed by atoms with Crippen LogP contribution in [0.25, 0.3) is 5.69 Å². The molecule has 3 aromatic rings. The van der Waals surface area contributed by atoms with E-state index >= 15 is 0 Å². The lowest BCUT2D eigenvalue weighted by Crippen LogP contribution is -2.49. The fraction of sp³-hybridized carbons (Fsp3) is 0.348. The second kappa shape index (κ2) is 9.08. The van der Waals surface area contributed by atoms with Gasteiger partial charge in [-0.15, -0.1) is 5.10 Å². The second-order valence-electron chi connectivity index (χ2n) is 7.65. The van der Waals surface area contributed by atoms with Crippen molar-refractivity contribution >= 4 is 17.5 Å². The SMILES string of the molecule is COc1cccc(C(C)N2CCN(C(=O)c3nc(C)n(-c4ccc(Cl)cc4)n3)CC2)c1. The smallest absolute Gasteiger partial charge is 0.293 e. The maximum atomic E-state index is 13.0. The van der Waals surface area contributed by atoms with E-state index in [2.05, 4.69) is 34.0 Å². The molecular weight excluding hydrogens is 414 g/mol. The molecule has 0 aliphatic carbocycles. The van der Waals surface area contributed by atoms with Gasteiger partial charge in [-0.25, -0.2) is 9.67 Å². The summed E-state index contributed by atoms with van der Waals surface area (Å²) in [5.41, 5.74) is 2.03. The van der Waals surface area contributed by atoms with Gasteiger partial charge in [0.25, 0.3) is 5.91 Å². The van der Waals surface area contributed by atoms with Crippen molar-refractivity contribution in [3.05, 3.63) is 70.8 Å². The standard InChI is InChI=1S/C23H26ClN5O2/c1-16(18-5-4-6-21(15-18)31-3)27-11-13-28(14-12-27)23(30)22-25-17(2)29(26-22)20-9-7-19(24)8-10-20/h4-10,15-16H,11-14H2,1-3H3. The molecule has 1 aliphatic rings. The Balaban J connectivity index is 1.41. The maximum Gasteiger partial charge on any atom is 0.293 e. The Kier molecular flexibility index (Phi) is 6.25. The number of nitrogens with zero attached hydrogens (tertiary/aromatic N) is 5. The van der Waals surface area contributed by atoms with Gasteiger partial charge >= 0.3 is 0 Å². The van der Waals surface area contributed by atoms with Gasteiger partial charge in [0.05, 0.1) is 12.8 Å². The molecule has 1 aromatic heterocycles. The maximum absolute atomic E-state index is 13.0. The summed E-state index contributed by atoms with van der Waals surface area (Å²) in [7, 11) is 1.68. The van der Waals surface area contributed by atoms with Crippen LogP contribution in [0.2, 0.25) is 5.02 Å². The van der Waals surface area contributed by atoms with Crippen LogP contribution in [0.15, 0.2) is 48.5 Å². The van der Waals surface area contributed by atoms with E-state index in [4.69, 9.17) is 16.3 Å². The first-order valence-electron chi connectivity index (χ1n) is 10.3. The van der Waals surface area contributed by atoms with E-state index in [1.165, 1.54) is 5.56 Å². The van der Waals surface area contributed by atoms with Crippen LogP contribution in [-0.4, -0.2) is 63.8 Å². The third-order valence-electron chi connectivity index (χ3n) is 5.76. The summed E-state index contributed by atoms with van der Waals surface area (Å²) in [6, 6.07) is 15.7. The minimum atomic E-state index is -0.135. The first-order valence-corrected chi connectivity index (χ1v) is 10.7. The number of hydrogen-bond acceptors (Lipinski definition) is 5. The molecule has 1 atom stereocenters. The number of ether oxygens (including phenoxy) is 1. The Labute approximate surface area is 187 Å². The zero-order chi connectivity index (χ0) is 22.0. The van der Waals surface area contributed by atoms with E-state index in [9.17, 15) is 4.79 Å². The van der Waals surface area contributed by atoms with Gasteiger partial charge in [0, 0.05) is 37.2 Å². The topological polar surface area (TPSA) is 63.5 Å². The van der Waals surface area contributed by atoms with Crippen molar-refractivity contribution in [2.24, 2.45) is 0 Å². The summed E-state index contributed by atoms with van der Waals surface area (Å²) >= 11 is 5.97.